The van der Waals surface area contributed by atoms with Gasteiger partial charge in [0.25, 0.3) is 0 Å². The molecule has 0 aromatic heterocycles. The molecule has 0 radical (unpaired) electrons. The van der Waals surface area contributed by atoms with E-state index in [1.54, 1.807) is 0 Å². The number of likely N-dealkylation sites (tertiary alicyclic amines) is 1. The molecule has 0 bridgehead atoms. The first-order chi connectivity index (χ1) is 10.2. The Morgan fingerprint density at radius 2 is 1.71 bits per heavy atom. The van der Waals surface area contributed by atoms with Gasteiger partial charge >= 0.3 is 0 Å². The average Bonchev–Trinajstić information content (AvgIpc) is 2.53. The summed E-state index contributed by atoms with van der Waals surface area (Å²) in [6.07, 6.45) is 10.1. The molecule has 2 nitrogen and oxygen atoms in total. The molecule has 1 aliphatic heterocycles. The lowest BCUT2D eigenvalue weighted by atomic mass is 9.68. The van der Waals surface area contributed by atoms with Gasteiger partial charge in [-0.05, 0) is 62.2 Å². The maximum Gasteiger partial charge on any atom is 0.0473 e. The van der Waals surface area contributed by atoms with Crippen molar-refractivity contribution < 1.29 is 0 Å². The van der Waals surface area contributed by atoms with Crippen molar-refractivity contribution in [2.45, 2.75) is 57.9 Å². The van der Waals surface area contributed by atoms with Gasteiger partial charge in [-0.2, -0.15) is 0 Å². The Balaban J connectivity index is 1.68. The second-order valence-electron chi connectivity index (χ2n) is 7.20. The largest absolute Gasteiger partial charge is 0.329 e. The van der Waals surface area contributed by atoms with Crippen molar-refractivity contribution in [3.63, 3.8) is 0 Å². The van der Waals surface area contributed by atoms with Crippen molar-refractivity contribution in [3.8, 4) is 0 Å². The first kappa shape index (κ1) is 15.1. The Hall–Kier alpha value is -0.860. The van der Waals surface area contributed by atoms with Gasteiger partial charge in [-0.3, -0.25) is 4.90 Å². The van der Waals surface area contributed by atoms with Crippen molar-refractivity contribution in [1.29, 1.82) is 0 Å². The fourth-order valence-electron chi connectivity index (χ4n) is 4.55. The van der Waals surface area contributed by atoms with Crippen molar-refractivity contribution in [2.75, 3.05) is 19.6 Å². The summed E-state index contributed by atoms with van der Waals surface area (Å²) < 4.78 is 0. The Morgan fingerprint density at radius 3 is 2.33 bits per heavy atom. The van der Waals surface area contributed by atoms with E-state index in [9.17, 15) is 0 Å². The van der Waals surface area contributed by atoms with Crippen molar-refractivity contribution in [1.82, 2.24) is 4.90 Å². The van der Waals surface area contributed by atoms with E-state index in [0.29, 0.717) is 11.5 Å². The van der Waals surface area contributed by atoms with Gasteiger partial charge in [0.2, 0.25) is 0 Å². The summed E-state index contributed by atoms with van der Waals surface area (Å²) in [6.45, 7) is 5.41. The highest BCUT2D eigenvalue weighted by Crippen LogP contribution is 2.45. The lowest BCUT2D eigenvalue weighted by Gasteiger charge is -2.46. The van der Waals surface area contributed by atoms with Crippen LogP contribution in [0.25, 0.3) is 0 Å². The van der Waals surface area contributed by atoms with Gasteiger partial charge in [0.1, 0.15) is 0 Å². The van der Waals surface area contributed by atoms with Gasteiger partial charge in [-0.15, -0.1) is 0 Å². The van der Waals surface area contributed by atoms with Crippen molar-refractivity contribution >= 4 is 0 Å². The molecule has 2 heteroatoms. The summed E-state index contributed by atoms with van der Waals surface area (Å²) in [5, 5.41) is 0. The third-order valence-corrected chi connectivity index (χ3v) is 5.98. The first-order valence-electron chi connectivity index (χ1n) is 8.74. The Morgan fingerprint density at radius 1 is 1.05 bits per heavy atom. The van der Waals surface area contributed by atoms with E-state index in [1.165, 1.54) is 69.2 Å². The summed E-state index contributed by atoms with van der Waals surface area (Å²) in [7, 11) is 0. The van der Waals surface area contributed by atoms with Gasteiger partial charge in [0.15, 0.2) is 0 Å². The molecule has 1 unspecified atom stereocenters. The molecule has 1 spiro atoms. The first-order valence-corrected chi connectivity index (χ1v) is 8.74. The molecule has 1 atom stereocenters. The van der Waals surface area contributed by atoms with E-state index in [-0.39, 0.29) is 0 Å². The number of hydrogen-bond donors (Lipinski definition) is 1. The zero-order valence-corrected chi connectivity index (χ0v) is 13.5. The summed E-state index contributed by atoms with van der Waals surface area (Å²) in [5.74, 6) is 0. The van der Waals surface area contributed by atoms with Crippen LogP contribution >= 0.6 is 0 Å². The average molecular weight is 286 g/mol. The van der Waals surface area contributed by atoms with Gasteiger partial charge in [0, 0.05) is 12.6 Å². The second-order valence-corrected chi connectivity index (χ2v) is 7.20. The highest BCUT2D eigenvalue weighted by atomic mass is 15.2. The third-order valence-electron chi connectivity index (χ3n) is 5.98. The minimum Gasteiger partial charge on any atom is -0.329 e. The van der Waals surface area contributed by atoms with E-state index in [4.69, 9.17) is 5.73 Å². The fraction of sp³-hybridized carbons (Fsp3) is 0.684. The maximum atomic E-state index is 6.13. The van der Waals surface area contributed by atoms with Crippen LogP contribution in [-0.4, -0.2) is 24.5 Å². The fourth-order valence-corrected chi connectivity index (χ4v) is 4.55. The normalized spacial score (nSPS) is 24.1. The molecular weight excluding hydrogens is 256 g/mol. The van der Waals surface area contributed by atoms with Gasteiger partial charge in [-0.25, -0.2) is 0 Å². The molecule has 0 amide bonds. The molecule has 1 aromatic rings. The van der Waals surface area contributed by atoms with Crippen LogP contribution < -0.4 is 5.73 Å². The molecule has 1 saturated carbocycles. The number of aryl methyl sites for hydroxylation is 1. The minimum atomic E-state index is 0.409. The van der Waals surface area contributed by atoms with Gasteiger partial charge < -0.3 is 5.73 Å². The number of benzene rings is 1. The highest BCUT2D eigenvalue weighted by molar-refractivity contribution is 5.29. The predicted octanol–water partition coefficient (Wildman–Crippen LogP) is 4.04. The number of nitrogens with zero attached hydrogens (tertiary/aromatic N) is 1. The van der Waals surface area contributed by atoms with E-state index < -0.39 is 0 Å². The van der Waals surface area contributed by atoms with E-state index >= 15 is 0 Å². The molecule has 116 valence electrons. The number of nitrogens with two attached hydrogens (primary N) is 1. The standard InChI is InChI=1S/C19H30N2/c1-16-7-3-4-8-17(16)18(15-20)21-13-11-19(12-14-21)9-5-2-6-10-19/h3-4,7-8,18H,2,5-6,9-15,20H2,1H3. The molecule has 2 N–H and O–H groups in total. The van der Waals surface area contributed by atoms with Crippen LogP contribution in [0.2, 0.25) is 0 Å². The lowest BCUT2D eigenvalue weighted by Crippen LogP contribution is -2.44. The second kappa shape index (κ2) is 6.50. The van der Waals surface area contributed by atoms with Crippen LogP contribution in [0.1, 0.15) is 62.1 Å². The van der Waals surface area contributed by atoms with E-state index in [1.807, 2.05) is 0 Å². The molecule has 3 rings (SSSR count). The van der Waals surface area contributed by atoms with Crippen molar-refractivity contribution in [3.05, 3.63) is 35.4 Å². The Kier molecular flexibility index (Phi) is 4.66. The number of rotatable bonds is 3. The number of hydrogen-bond acceptors (Lipinski definition) is 2. The third kappa shape index (κ3) is 3.17. The monoisotopic (exact) mass is 286 g/mol. The summed E-state index contributed by atoms with van der Waals surface area (Å²) >= 11 is 0. The summed E-state index contributed by atoms with van der Waals surface area (Å²) in [6, 6.07) is 9.16. The van der Waals surface area contributed by atoms with Crippen LogP contribution in [0.4, 0.5) is 0 Å². The highest BCUT2D eigenvalue weighted by Gasteiger charge is 2.37. The minimum absolute atomic E-state index is 0.409. The predicted molar refractivity (Wildman–Crippen MR) is 89.3 cm³/mol. The summed E-state index contributed by atoms with van der Waals surface area (Å²) in [5.41, 5.74) is 9.62. The van der Waals surface area contributed by atoms with Crippen LogP contribution in [0, 0.1) is 12.3 Å². The Labute approximate surface area is 129 Å². The zero-order valence-electron chi connectivity index (χ0n) is 13.5. The molecule has 1 aliphatic carbocycles. The maximum absolute atomic E-state index is 6.13. The quantitative estimate of drug-likeness (QED) is 0.908. The number of piperidine rings is 1. The molecule has 2 fully saturated rings. The van der Waals surface area contributed by atoms with Crippen LogP contribution in [-0.2, 0) is 0 Å². The molecule has 1 aromatic carbocycles. The summed E-state index contributed by atoms with van der Waals surface area (Å²) in [4.78, 5) is 2.64. The van der Waals surface area contributed by atoms with Gasteiger partial charge in [0.05, 0.1) is 0 Å². The van der Waals surface area contributed by atoms with Crippen molar-refractivity contribution in [2.24, 2.45) is 11.1 Å². The lowest BCUT2D eigenvalue weighted by molar-refractivity contribution is 0.0463. The van der Waals surface area contributed by atoms with E-state index in [0.717, 1.165) is 6.54 Å². The topological polar surface area (TPSA) is 29.3 Å². The SMILES string of the molecule is Cc1ccccc1C(CN)N1CCC2(CCCCC2)CC1. The van der Waals surface area contributed by atoms with Crippen LogP contribution in [0.15, 0.2) is 24.3 Å². The molecule has 21 heavy (non-hydrogen) atoms. The smallest absolute Gasteiger partial charge is 0.0473 e. The van der Waals surface area contributed by atoms with Gasteiger partial charge in [-0.1, -0.05) is 43.5 Å². The molecular formula is C19H30N2. The van der Waals surface area contributed by atoms with Crippen LogP contribution in [0.5, 0.6) is 0 Å². The van der Waals surface area contributed by atoms with Crippen LogP contribution in [0.3, 0.4) is 0 Å². The molecule has 1 saturated heterocycles. The molecule has 1 heterocycles. The van der Waals surface area contributed by atoms with E-state index in [2.05, 4.69) is 36.1 Å². The zero-order chi connectivity index (χ0) is 14.7. The molecule has 2 aliphatic rings. The Bertz CT molecular complexity index is 452.